The third-order valence-electron chi connectivity index (χ3n) is 7.91. The van der Waals surface area contributed by atoms with Gasteiger partial charge in [0.1, 0.15) is 70.2 Å². The molecule has 0 radical (unpaired) electrons. The highest BCUT2D eigenvalue weighted by Gasteiger charge is 2.64. The SMILES string of the molecule is COC1=CC(=O)/C(=C(O)\C=C\c2ccc(OC(=O)OC(C)(C)C)cc2)C(=O)[C@]1(O)[C@@H]1O[C@H](COC(=O)OC(C)(C)C)[C@@H](OC(=O)OC(C)(C)C)[C@H](OC(=O)OC(C)(C)C)[C@H]1O. The average molecular weight is 865 g/mol. The van der Waals surface area contributed by atoms with Gasteiger partial charge < -0.3 is 62.7 Å². The fourth-order valence-electron chi connectivity index (χ4n) is 5.60. The van der Waals surface area contributed by atoms with E-state index in [2.05, 4.69) is 0 Å². The molecule has 2 aliphatic rings. The smallest absolute Gasteiger partial charge is 0.507 e. The van der Waals surface area contributed by atoms with Gasteiger partial charge in [-0.15, -0.1) is 0 Å². The lowest BCUT2D eigenvalue weighted by molar-refractivity contribution is -0.268. The van der Waals surface area contributed by atoms with Crippen LogP contribution >= 0.6 is 0 Å². The number of aliphatic hydroxyl groups is 3. The Balaban J connectivity index is 2.12. The van der Waals surface area contributed by atoms with Crippen LogP contribution in [-0.4, -0.2) is 124 Å². The summed E-state index contributed by atoms with van der Waals surface area (Å²) in [6, 6.07) is 5.78. The van der Waals surface area contributed by atoms with Gasteiger partial charge in [0, 0.05) is 6.08 Å². The lowest BCUT2D eigenvalue weighted by atomic mass is 9.74. The first kappa shape index (κ1) is 49.7. The van der Waals surface area contributed by atoms with Gasteiger partial charge in [-0.25, -0.2) is 19.2 Å². The molecule has 0 bridgehead atoms. The molecule has 338 valence electrons. The van der Waals surface area contributed by atoms with Crippen molar-refractivity contribution in [1.29, 1.82) is 0 Å². The first-order chi connectivity index (χ1) is 27.8. The number of ketones is 2. The van der Waals surface area contributed by atoms with Gasteiger partial charge in [-0.2, -0.15) is 0 Å². The molecule has 1 heterocycles. The minimum absolute atomic E-state index is 0.127. The number of Topliss-reactive ketones (excluding diaryl/α,β-unsaturated/α-hetero) is 1. The molecule has 1 saturated heterocycles. The monoisotopic (exact) mass is 864 g/mol. The van der Waals surface area contributed by atoms with E-state index in [1.165, 1.54) is 71.9 Å². The van der Waals surface area contributed by atoms with Crippen molar-refractivity contribution < 1.29 is 91.5 Å². The number of carbonyl (C=O) groups excluding carboxylic acids is 6. The highest BCUT2D eigenvalue weighted by atomic mass is 16.8. The molecule has 3 rings (SSSR count). The van der Waals surface area contributed by atoms with Gasteiger partial charge in [0.25, 0.3) is 0 Å². The molecule has 1 aliphatic heterocycles. The third kappa shape index (κ3) is 14.2. The van der Waals surface area contributed by atoms with Crippen molar-refractivity contribution in [3.8, 4) is 5.75 Å². The van der Waals surface area contributed by atoms with Gasteiger partial charge in [-0.1, -0.05) is 18.2 Å². The fourth-order valence-corrected chi connectivity index (χ4v) is 5.60. The van der Waals surface area contributed by atoms with E-state index >= 15 is 0 Å². The second kappa shape index (κ2) is 18.9. The Morgan fingerprint density at radius 1 is 0.738 bits per heavy atom. The van der Waals surface area contributed by atoms with E-state index in [9.17, 15) is 44.1 Å². The second-order valence-electron chi connectivity index (χ2n) is 17.9. The summed E-state index contributed by atoms with van der Waals surface area (Å²) < 4.78 is 53.5. The molecule has 0 amide bonds. The summed E-state index contributed by atoms with van der Waals surface area (Å²) >= 11 is 0. The van der Waals surface area contributed by atoms with Gasteiger partial charge in [0.2, 0.25) is 11.4 Å². The normalized spacial score (nSPS) is 24.5. The summed E-state index contributed by atoms with van der Waals surface area (Å²) in [5.41, 5.74) is -7.90. The van der Waals surface area contributed by atoms with E-state index in [-0.39, 0.29) is 5.75 Å². The van der Waals surface area contributed by atoms with Gasteiger partial charge in [-0.3, -0.25) is 9.59 Å². The van der Waals surface area contributed by atoms with Gasteiger partial charge in [-0.05, 0) is 107 Å². The lowest BCUT2D eigenvalue weighted by Crippen LogP contribution is -2.70. The summed E-state index contributed by atoms with van der Waals surface area (Å²) in [5, 5.41) is 35.5. The number of ether oxygens (including phenoxy) is 10. The molecular weight excluding hydrogens is 808 g/mol. The van der Waals surface area contributed by atoms with Crippen LogP contribution < -0.4 is 4.74 Å². The van der Waals surface area contributed by atoms with Crippen LogP contribution in [0.3, 0.4) is 0 Å². The fraction of sp³-hybridized carbons (Fsp3) is 0.571. The molecule has 0 saturated carbocycles. The first-order valence-corrected chi connectivity index (χ1v) is 19.0. The number of benzene rings is 1. The Hall–Kier alpha value is -5.66. The molecular formula is C42H56O19. The van der Waals surface area contributed by atoms with Crippen molar-refractivity contribution in [3.05, 3.63) is 59.1 Å². The van der Waals surface area contributed by atoms with Crippen LogP contribution in [0.5, 0.6) is 5.75 Å². The predicted octanol–water partition coefficient (Wildman–Crippen LogP) is 5.96. The van der Waals surface area contributed by atoms with Crippen molar-refractivity contribution in [1.82, 2.24) is 0 Å². The van der Waals surface area contributed by atoms with Crippen molar-refractivity contribution in [2.75, 3.05) is 13.7 Å². The van der Waals surface area contributed by atoms with Crippen LogP contribution in [0, 0.1) is 0 Å². The maximum Gasteiger partial charge on any atom is 0.514 e. The van der Waals surface area contributed by atoms with Crippen molar-refractivity contribution in [2.45, 2.75) is 142 Å². The van der Waals surface area contributed by atoms with Crippen LogP contribution in [-0.2, 0) is 52.2 Å². The van der Waals surface area contributed by atoms with E-state index in [1.54, 1.807) is 41.5 Å². The van der Waals surface area contributed by atoms with E-state index in [0.29, 0.717) is 11.6 Å². The largest absolute Gasteiger partial charge is 0.514 e. The van der Waals surface area contributed by atoms with Gasteiger partial charge in [0.05, 0.1) is 7.11 Å². The minimum Gasteiger partial charge on any atom is -0.507 e. The molecule has 1 fully saturated rings. The highest BCUT2D eigenvalue weighted by molar-refractivity contribution is 6.30. The molecule has 0 spiro atoms. The third-order valence-corrected chi connectivity index (χ3v) is 7.91. The van der Waals surface area contributed by atoms with E-state index in [0.717, 1.165) is 13.2 Å². The quantitative estimate of drug-likeness (QED) is 0.0646. The molecule has 0 aromatic heterocycles. The standard InChI is InChI=1S/C42H56O19/c1-38(2,3)58-34(47)53-21-26-30(56-36(49)60-40(7,8)9)31(57-37(50)61-41(10,11)12)29(45)33(55-26)42(51)27(52-13)20-25(44)28(32(42)46)24(43)19-16-22-14-17-23(18-15-22)54-35(48)59-39(4,5)6/h14-20,26,29-31,33,43,45,51H,21H2,1-13H3/b19-16+,28-24-/t26-,29-,30-,31-,33-,42+/m1/s1. The maximum atomic E-state index is 14.4. The lowest BCUT2D eigenvalue weighted by Gasteiger charge is -2.48. The van der Waals surface area contributed by atoms with Crippen LogP contribution in [0.4, 0.5) is 19.2 Å². The molecule has 0 unspecified atom stereocenters. The zero-order chi connectivity index (χ0) is 46.5. The van der Waals surface area contributed by atoms with Crippen molar-refractivity contribution >= 4 is 42.3 Å². The summed E-state index contributed by atoms with van der Waals surface area (Å²) in [6.07, 6.45) is -12.4. The molecule has 6 atom stereocenters. The first-order valence-electron chi connectivity index (χ1n) is 19.0. The molecule has 19 heteroatoms. The molecule has 3 N–H and O–H groups in total. The summed E-state index contributed by atoms with van der Waals surface area (Å²) in [7, 11) is 0.990. The molecule has 1 aromatic rings. The molecule has 19 nitrogen and oxygen atoms in total. The molecule has 1 aliphatic carbocycles. The molecule has 1 aromatic carbocycles. The van der Waals surface area contributed by atoms with E-state index < -0.39 is 118 Å². The number of rotatable bonds is 9. The van der Waals surface area contributed by atoms with Crippen LogP contribution in [0.1, 0.15) is 88.6 Å². The number of aliphatic hydroxyl groups excluding tert-OH is 2. The zero-order valence-electron chi connectivity index (χ0n) is 36.5. The summed E-state index contributed by atoms with van der Waals surface area (Å²) in [4.78, 5) is 78.7. The van der Waals surface area contributed by atoms with E-state index in [4.69, 9.17) is 47.4 Å². The number of methoxy groups -OCH3 is 1. The highest BCUT2D eigenvalue weighted by Crippen LogP contribution is 2.41. The van der Waals surface area contributed by atoms with Gasteiger partial charge >= 0.3 is 24.6 Å². The summed E-state index contributed by atoms with van der Waals surface area (Å²) in [5.74, 6) is -4.27. The Bertz CT molecular complexity index is 1900. The Morgan fingerprint density at radius 2 is 1.21 bits per heavy atom. The molecule has 61 heavy (non-hydrogen) atoms. The average Bonchev–Trinajstić information content (AvgIpc) is 3.07. The van der Waals surface area contributed by atoms with Crippen molar-refractivity contribution in [2.24, 2.45) is 0 Å². The Kier molecular flexibility index (Phi) is 15.4. The van der Waals surface area contributed by atoms with E-state index in [1.807, 2.05) is 0 Å². The number of hydrogen-bond acceptors (Lipinski definition) is 19. The number of carbonyl (C=O) groups is 6. The van der Waals surface area contributed by atoms with Crippen LogP contribution in [0.2, 0.25) is 0 Å². The Labute approximate surface area is 353 Å². The zero-order valence-corrected chi connectivity index (χ0v) is 36.5. The number of allylic oxidation sites excluding steroid dienone is 2. The minimum atomic E-state index is -3.20. The number of hydrogen-bond donors (Lipinski definition) is 3. The predicted molar refractivity (Wildman–Crippen MR) is 211 cm³/mol. The topological polar surface area (TPSA) is 255 Å². The van der Waals surface area contributed by atoms with Gasteiger partial charge in [0.15, 0.2) is 18.0 Å². The second-order valence-corrected chi connectivity index (χ2v) is 17.9. The van der Waals surface area contributed by atoms with Crippen molar-refractivity contribution in [3.63, 3.8) is 0 Å². The van der Waals surface area contributed by atoms with Crippen LogP contribution in [0.15, 0.2) is 53.5 Å². The Morgan fingerprint density at radius 3 is 1.70 bits per heavy atom. The maximum absolute atomic E-state index is 14.4. The summed E-state index contributed by atoms with van der Waals surface area (Å²) in [6.45, 7) is 17.9. The van der Waals surface area contributed by atoms with Crippen LogP contribution in [0.25, 0.3) is 6.08 Å².